The van der Waals surface area contributed by atoms with Gasteiger partial charge in [0.15, 0.2) is 0 Å². The number of halogens is 5. The van der Waals surface area contributed by atoms with E-state index >= 15 is 0 Å². The average Bonchev–Trinajstić information content (AvgIpc) is 3.16. The topological polar surface area (TPSA) is 58.9 Å². The Morgan fingerprint density at radius 2 is 1.00 bits per heavy atom. The summed E-state index contributed by atoms with van der Waals surface area (Å²) in [6.45, 7) is 0. The molecule has 0 spiro atoms. The summed E-state index contributed by atoms with van der Waals surface area (Å²) in [6, 6.07) is 42.1. The molecule has 0 bridgehead atoms. The van der Waals surface area contributed by atoms with Crippen molar-refractivity contribution in [2.24, 2.45) is 0 Å². The van der Waals surface area contributed by atoms with Crippen LogP contribution in [-0.2, 0) is 0 Å². The average molecular weight is 830 g/mol. The van der Waals surface area contributed by atoms with Crippen LogP contribution in [0.5, 0.6) is 11.5 Å². The molecule has 0 aliphatic carbocycles. The summed E-state index contributed by atoms with van der Waals surface area (Å²) in [5.74, 6) is 0.271. The smallest absolute Gasteiger partial charge is 0.491 e. The molecule has 2 N–H and O–H groups in total. The summed E-state index contributed by atoms with van der Waals surface area (Å²) < 4.78 is 39.1. The molecular weight excluding hydrogens is 792 g/mol. The van der Waals surface area contributed by atoms with E-state index in [2.05, 4.69) is 88.7 Å². The monoisotopic (exact) mass is 828 g/mol. The van der Waals surface area contributed by atoms with Crippen molar-refractivity contribution < 1.29 is 28.3 Å². The molecule has 54 heavy (non-hydrogen) atoms. The van der Waals surface area contributed by atoms with Crippen LogP contribution >= 0.6 is 39.1 Å². The van der Waals surface area contributed by atoms with E-state index in [9.17, 15) is 8.78 Å². The van der Waals surface area contributed by atoms with Crippen molar-refractivity contribution in [1.82, 2.24) is 0 Å². The van der Waals surface area contributed by atoms with E-state index in [1.165, 1.54) is 39.7 Å². The van der Waals surface area contributed by atoms with Crippen LogP contribution in [0.3, 0.4) is 0 Å². The lowest BCUT2D eigenvalue weighted by molar-refractivity contribution is 0.413. The van der Waals surface area contributed by atoms with Crippen LogP contribution in [0, 0.1) is 11.6 Å². The third kappa shape index (κ3) is 8.81. The van der Waals surface area contributed by atoms with E-state index in [1.54, 1.807) is 32.4 Å². The number of methoxy groups -OCH3 is 2. The van der Waals surface area contributed by atoms with Crippen LogP contribution in [-0.4, -0.2) is 31.4 Å². The van der Waals surface area contributed by atoms with Gasteiger partial charge in [-0.15, -0.1) is 0 Å². The minimum absolute atomic E-state index is 0. The molecule has 0 heterocycles. The summed E-state index contributed by atoms with van der Waals surface area (Å²) >= 11 is 14.9. The standard InChI is InChI=1S/C21H14ClFO.C15H11BrO.C6H5BClFO2.2CH4/c1-24-20-11-14-10-9-13-5-2-3-6-15(13)17(14)12-18(20)16-7-4-8-19(22)21(16)23;1-17-15-8-11-7-6-10-4-2-3-5-12(10)13(11)9-14(15)16;8-5-3-1-2-4(6(5)9)7(10)11;;/h2-12H,1H3;2-9H,1H3;1-3,10-11H;2*1H4. The first-order valence-electron chi connectivity index (χ1n) is 16.0. The molecule has 0 unspecified atom stereocenters. The molecule has 0 aromatic heterocycles. The summed E-state index contributed by atoms with van der Waals surface area (Å²) in [7, 11) is 1.47. The third-order valence-corrected chi connectivity index (χ3v) is 9.79. The zero-order valence-corrected chi connectivity index (χ0v) is 31.0. The number of benzene rings is 8. The van der Waals surface area contributed by atoms with Crippen LogP contribution < -0.4 is 14.9 Å². The number of hydrogen-bond donors (Lipinski definition) is 2. The van der Waals surface area contributed by atoms with Crippen molar-refractivity contribution in [2.45, 2.75) is 14.9 Å². The highest BCUT2D eigenvalue weighted by molar-refractivity contribution is 9.10. The molecular formula is C44H38BBrCl2F2O4. The SMILES string of the molecule is C.C.COc1cc2ccc3ccccc3c2cc1-c1cccc(Cl)c1F.COc1cc2ccc3ccccc3c2cc1Br.OB(O)c1cccc(Cl)c1F. The Labute approximate surface area is 332 Å². The highest BCUT2D eigenvalue weighted by Crippen LogP contribution is 2.39. The zero-order chi connectivity index (χ0) is 36.9. The summed E-state index contributed by atoms with van der Waals surface area (Å²) in [4.78, 5) is 0. The highest BCUT2D eigenvalue weighted by Gasteiger charge is 2.18. The molecule has 0 saturated heterocycles. The lowest BCUT2D eigenvalue weighted by atomic mass is 9.80. The first kappa shape index (κ1) is 42.1. The largest absolute Gasteiger partial charge is 0.496 e. The Kier molecular flexibility index (Phi) is 14.5. The fourth-order valence-corrected chi connectivity index (χ4v) is 6.87. The maximum atomic E-state index is 14.5. The second-order valence-corrected chi connectivity index (χ2v) is 13.3. The van der Waals surface area contributed by atoms with Crippen molar-refractivity contribution in [3.63, 3.8) is 0 Å². The van der Waals surface area contributed by atoms with E-state index in [0.29, 0.717) is 16.9 Å². The Hall–Kier alpha value is -4.70. The molecule has 0 saturated carbocycles. The van der Waals surface area contributed by atoms with Gasteiger partial charge in [0, 0.05) is 16.6 Å². The lowest BCUT2D eigenvalue weighted by Gasteiger charge is -2.13. The molecule has 0 amide bonds. The van der Waals surface area contributed by atoms with Gasteiger partial charge in [-0.1, -0.05) is 135 Å². The molecule has 8 aromatic rings. The molecule has 4 nitrogen and oxygen atoms in total. The summed E-state index contributed by atoms with van der Waals surface area (Å²) in [5, 5.41) is 26.5. The van der Waals surface area contributed by atoms with E-state index in [-0.39, 0.29) is 30.4 Å². The molecule has 8 aromatic carbocycles. The minimum atomic E-state index is -1.81. The van der Waals surface area contributed by atoms with Gasteiger partial charge in [-0.05, 0) is 95.4 Å². The fraction of sp³-hybridized carbons (Fsp3) is 0.0909. The first-order chi connectivity index (χ1) is 25.1. The van der Waals surface area contributed by atoms with Crippen molar-refractivity contribution >= 4 is 94.8 Å². The van der Waals surface area contributed by atoms with Crippen LogP contribution in [0.25, 0.3) is 54.2 Å². The van der Waals surface area contributed by atoms with Crippen LogP contribution in [0.2, 0.25) is 10.0 Å². The Bertz CT molecular complexity index is 2570. The number of rotatable bonds is 4. The van der Waals surface area contributed by atoms with E-state index in [4.69, 9.17) is 42.7 Å². The first-order valence-corrected chi connectivity index (χ1v) is 17.5. The predicted octanol–water partition coefficient (Wildman–Crippen LogP) is 12.7. The van der Waals surface area contributed by atoms with E-state index < -0.39 is 18.8 Å². The van der Waals surface area contributed by atoms with E-state index in [1.807, 2.05) is 24.3 Å². The Balaban J connectivity index is 0.000000190. The Morgan fingerprint density at radius 1 is 0.519 bits per heavy atom. The van der Waals surface area contributed by atoms with Crippen LogP contribution in [0.15, 0.2) is 138 Å². The van der Waals surface area contributed by atoms with Gasteiger partial charge >= 0.3 is 7.12 Å². The fourth-order valence-electron chi connectivity index (χ4n) is 6.01. The molecule has 10 heteroatoms. The third-order valence-electron chi connectivity index (χ3n) is 8.58. The predicted molar refractivity (Wildman–Crippen MR) is 229 cm³/mol. The van der Waals surface area contributed by atoms with Crippen LogP contribution in [0.1, 0.15) is 14.9 Å². The molecule has 0 aliphatic rings. The van der Waals surface area contributed by atoms with Gasteiger partial charge in [0.1, 0.15) is 23.1 Å². The van der Waals surface area contributed by atoms with Gasteiger partial charge in [0.05, 0.1) is 28.7 Å². The molecule has 0 radical (unpaired) electrons. The quantitative estimate of drug-likeness (QED) is 0.137. The maximum Gasteiger partial charge on any atom is 0.491 e. The van der Waals surface area contributed by atoms with E-state index in [0.717, 1.165) is 31.8 Å². The van der Waals surface area contributed by atoms with Gasteiger partial charge < -0.3 is 19.5 Å². The molecule has 0 atom stereocenters. The highest BCUT2D eigenvalue weighted by atomic mass is 79.9. The van der Waals surface area contributed by atoms with Gasteiger partial charge in [0.25, 0.3) is 0 Å². The van der Waals surface area contributed by atoms with Gasteiger partial charge in [-0.25, -0.2) is 8.78 Å². The van der Waals surface area contributed by atoms with Gasteiger partial charge in [-0.2, -0.15) is 0 Å². The maximum absolute atomic E-state index is 14.5. The molecule has 0 fully saturated rings. The zero-order valence-electron chi connectivity index (χ0n) is 27.9. The van der Waals surface area contributed by atoms with Crippen molar-refractivity contribution in [3.8, 4) is 22.6 Å². The lowest BCUT2D eigenvalue weighted by Crippen LogP contribution is -2.32. The second-order valence-electron chi connectivity index (χ2n) is 11.7. The Morgan fingerprint density at radius 3 is 1.54 bits per heavy atom. The number of ether oxygens (including phenoxy) is 2. The molecule has 0 aliphatic heterocycles. The minimum Gasteiger partial charge on any atom is -0.496 e. The van der Waals surface area contributed by atoms with Crippen molar-refractivity contribution in [2.75, 3.05) is 14.2 Å². The van der Waals surface area contributed by atoms with Gasteiger partial charge in [0.2, 0.25) is 0 Å². The van der Waals surface area contributed by atoms with Gasteiger partial charge in [-0.3, -0.25) is 0 Å². The number of fused-ring (bicyclic) bond motifs is 6. The summed E-state index contributed by atoms with van der Waals surface area (Å²) in [5.41, 5.74) is 0.924. The second kappa shape index (κ2) is 18.6. The van der Waals surface area contributed by atoms with Crippen LogP contribution in [0.4, 0.5) is 8.78 Å². The van der Waals surface area contributed by atoms with Crippen molar-refractivity contribution in [1.29, 1.82) is 0 Å². The molecule has 276 valence electrons. The molecule has 8 rings (SSSR count). The normalized spacial score (nSPS) is 10.4. The van der Waals surface area contributed by atoms with Crippen molar-refractivity contribution in [3.05, 3.63) is 160 Å². The number of hydrogen-bond acceptors (Lipinski definition) is 4. The summed E-state index contributed by atoms with van der Waals surface area (Å²) in [6.07, 6.45) is 0.